The van der Waals surface area contributed by atoms with E-state index in [1.807, 2.05) is 17.8 Å². The molecule has 2 N–H and O–H groups in total. The average Bonchev–Trinajstić information content (AvgIpc) is 3.03. The molecule has 1 aromatic carbocycles. The van der Waals surface area contributed by atoms with Crippen molar-refractivity contribution >= 4 is 29.9 Å². The minimum absolute atomic E-state index is 0. The highest BCUT2D eigenvalue weighted by atomic mass is 127. The zero-order valence-electron chi connectivity index (χ0n) is 16.1. The molecule has 0 amide bonds. The summed E-state index contributed by atoms with van der Waals surface area (Å²) in [4.78, 5) is 6.99. The van der Waals surface area contributed by atoms with E-state index >= 15 is 0 Å². The van der Waals surface area contributed by atoms with E-state index in [0.717, 1.165) is 31.3 Å². The van der Waals surface area contributed by atoms with Crippen molar-refractivity contribution in [2.75, 3.05) is 20.1 Å². The van der Waals surface area contributed by atoms with Crippen molar-refractivity contribution in [1.82, 2.24) is 25.3 Å². The Kier molecular flexibility index (Phi) is 10.3. The monoisotopic (exact) mass is 470 g/mol. The number of likely N-dealkylation sites (N-methyl/N-ethyl adjacent to an activating group) is 1. The van der Waals surface area contributed by atoms with Crippen LogP contribution in [0.3, 0.4) is 0 Å². The van der Waals surface area contributed by atoms with E-state index in [-0.39, 0.29) is 24.0 Å². The Morgan fingerprint density at radius 2 is 1.96 bits per heavy atom. The van der Waals surface area contributed by atoms with Gasteiger partial charge in [0.2, 0.25) is 0 Å². The van der Waals surface area contributed by atoms with Crippen LogP contribution < -0.4 is 10.6 Å². The number of hydrogen-bond donors (Lipinski definition) is 2. The molecular formula is C19H31IN6. The molecule has 26 heavy (non-hydrogen) atoms. The Labute approximate surface area is 174 Å². The molecule has 144 valence electrons. The lowest BCUT2D eigenvalue weighted by atomic mass is 10.2. The highest BCUT2D eigenvalue weighted by molar-refractivity contribution is 14.0. The van der Waals surface area contributed by atoms with E-state index in [4.69, 9.17) is 0 Å². The molecule has 7 heteroatoms. The van der Waals surface area contributed by atoms with Crippen molar-refractivity contribution < 1.29 is 0 Å². The second kappa shape index (κ2) is 11.9. The summed E-state index contributed by atoms with van der Waals surface area (Å²) in [5, 5.41) is 10.9. The lowest BCUT2D eigenvalue weighted by Gasteiger charge is -2.25. The summed E-state index contributed by atoms with van der Waals surface area (Å²) in [6.45, 7) is 7.52. The summed E-state index contributed by atoms with van der Waals surface area (Å²) in [5.74, 6) is 0.837. The van der Waals surface area contributed by atoms with Gasteiger partial charge in [0.25, 0.3) is 0 Å². The topological polar surface area (TPSA) is 57.5 Å². The third kappa shape index (κ3) is 7.33. The first-order chi connectivity index (χ1) is 12.1. The van der Waals surface area contributed by atoms with Gasteiger partial charge < -0.3 is 10.6 Å². The van der Waals surface area contributed by atoms with E-state index < -0.39 is 0 Å². The lowest BCUT2D eigenvalue weighted by molar-refractivity contribution is 0.249. The minimum atomic E-state index is 0. The number of aliphatic imine (C=N–C) groups is 1. The van der Waals surface area contributed by atoms with Crippen molar-refractivity contribution in [3.8, 4) is 0 Å². The SMILES string of the molecule is CCNC(=NCc1ccnn1C)NCC(C)N(C)Cc1ccccc1.I. The minimum Gasteiger partial charge on any atom is -0.357 e. The van der Waals surface area contributed by atoms with Crippen LogP contribution in [0.5, 0.6) is 0 Å². The highest BCUT2D eigenvalue weighted by Gasteiger charge is 2.10. The third-order valence-electron chi connectivity index (χ3n) is 4.26. The first kappa shape index (κ1) is 22.4. The van der Waals surface area contributed by atoms with Gasteiger partial charge in [-0.15, -0.1) is 24.0 Å². The molecule has 0 bridgehead atoms. The predicted molar refractivity (Wildman–Crippen MR) is 119 cm³/mol. The molecule has 0 radical (unpaired) electrons. The van der Waals surface area contributed by atoms with E-state index in [1.165, 1.54) is 5.56 Å². The van der Waals surface area contributed by atoms with Gasteiger partial charge in [-0.2, -0.15) is 5.10 Å². The molecule has 1 heterocycles. The summed E-state index contributed by atoms with van der Waals surface area (Å²) in [6, 6.07) is 12.9. The smallest absolute Gasteiger partial charge is 0.191 e. The number of aryl methyl sites for hydroxylation is 1. The number of nitrogens with one attached hydrogen (secondary N) is 2. The van der Waals surface area contributed by atoms with Gasteiger partial charge in [0.05, 0.1) is 12.2 Å². The Bertz CT molecular complexity index is 655. The van der Waals surface area contributed by atoms with Gasteiger partial charge in [0, 0.05) is 38.9 Å². The molecule has 0 saturated carbocycles. The van der Waals surface area contributed by atoms with Gasteiger partial charge in [-0.25, -0.2) is 4.99 Å². The molecule has 0 fully saturated rings. The Balaban J connectivity index is 0.00000338. The number of rotatable bonds is 8. The van der Waals surface area contributed by atoms with Crippen molar-refractivity contribution in [2.24, 2.45) is 12.0 Å². The van der Waals surface area contributed by atoms with Crippen molar-refractivity contribution in [3.05, 3.63) is 53.9 Å². The van der Waals surface area contributed by atoms with Gasteiger partial charge >= 0.3 is 0 Å². The van der Waals surface area contributed by atoms with Gasteiger partial charge in [-0.3, -0.25) is 9.58 Å². The molecule has 0 aliphatic carbocycles. The molecule has 1 atom stereocenters. The van der Waals surface area contributed by atoms with Crippen LogP contribution in [-0.4, -0.2) is 46.8 Å². The van der Waals surface area contributed by atoms with Crippen LogP contribution >= 0.6 is 24.0 Å². The van der Waals surface area contributed by atoms with Gasteiger partial charge in [0.1, 0.15) is 0 Å². The molecule has 1 unspecified atom stereocenters. The van der Waals surface area contributed by atoms with Crippen LogP contribution in [0.25, 0.3) is 0 Å². The third-order valence-corrected chi connectivity index (χ3v) is 4.26. The van der Waals surface area contributed by atoms with Crippen LogP contribution in [0.2, 0.25) is 0 Å². The number of guanidine groups is 1. The van der Waals surface area contributed by atoms with Crippen LogP contribution in [0.1, 0.15) is 25.1 Å². The Hall–Kier alpha value is -1.61. The number of benzene rings is 1. The van der Waals surface area contributed by atoms with Crippen molar-refractivity contribution in [2.45, 2.75) is 33.0 Å². The largest absolute Gasteiger partial charge is 0.357 e. The van der Waals surface area contributed by atoms with Gasteiger partial charge in [-0.05, 0) is 32.5 Å². The molecule has 2 rings (SSSR count). The van der Waals surface area contributed by atoms with Gasteiger partial charge in [-0.1, -0.05) is 30.3 Å². The second-order valence-corrected chi connectivity index (χ2v) is 6.27. The number of aromatic nitrogens is 2. The maximum absolute atomic E-state index is 4.65. The zero-order valence-corrected chi connectivity index (χ0v) is 18.5. The molecule has 2 aromatic rings. The fourth-order valence-electron chi connectivity index (χ4n) is 2.49. The first-order valence-electron chi connectivity index (χ1n) is 8.83. The molecule has 0 aliphatic heterocycles. The maximum atomic E-state index is 4.65. The van der Waals surface area contributed by atoms with Crippen molar-refractivity contribution in [1.29, 1.82) is 0 Å². The van der Waals surface area contributed by atoms with Gasteiger partial charge in [0.15, 0.2) is 5.96 Å². The normalized spacial score (nSPS) is 12.6. The molecule has 1 aromatic heterocycles. The predicted octanol–water partition coefficient (Wildman–Crippen LogP) is 2.61. The maximum Gasteiger partial charge on any atom is 0.191 e. The van der Waals surface area contributed by atoms with Crippen LogP contribution in [0, 0.1) is 0 Å². The summed E-state index contributed by atoms with van der Waals surface area (Å²) >= 11 is 0. The number of halogens is 1. The lowest BCUT2D eigenvalue weighted by Crippen LogP contribution is -2.44. The summed E-state index contributed by atoms with van der Waals surface area (Å²) < 4.78 is 1.85. The molecule has 0 spiro atoms. The first-order valence-corrected chi connectivity index (χ1v) is 8.83. The fourth-order valence-corrected chi connectivity index (χ4v) is 2.49. The Morgan fingerprint density at radius 3 is 2.58 bits per heavy atom. The average molecular weight is 470 g/mol. The summed E-state index contributed by atoms with van der Waals surface area (Å²) in [7, 11) is 4.09. The van der Waals surface area contributed by atoms with Crippen LogP contribution in [0.4, 0.5) is 0 Å². The van der Waals surface area contributed by atoms with E-state index in [2.05, 4.69) is 76.9 Å². The number of hydrogen-bond acceptors (Lipinski definition) is 3. The van der Waals surface area contributed by atoms with Crippen LogP contribution in [0.15, 0.2) is 47.6 Å². The number of nitrogens with zero attached hydrogens (tertiary/aromatic N) is 4. The van der Waals surface area contributed by atoms with Crippen molar-refractivity contribution in [3.63, 3.8) is 0 Å². The quantitative estimate of drug-likeness (QED) is 0.354. The second-order valence-electron chi connectivity index (χ2n) is 6.27. The van der Waals surface area contributed by atoms with Crippen LogP contribution in [-0.2, 0) is 20.1 Å². The highest BCUT2D eigenvalue weighted by Crippen LogP contribution is 2.05. The molecular weight excluding hydrogens is 439 g/mol. The molecule has 0 aliphatic rings. The summed E-state index contributed by atoms with van der Waals surface area (Å²) in [5.41, 5.74) is 2.42. The standard InChI is InChI=1S/C19H30N6.HI/c1-5-20-19(22-14-18-11-12-23-25(18)4)21-13-16(2)24(3)15-17-9-7-6-8-10-17;/h6-12,16H,5,13-15H2,1-4H3,(H2,20,21,22);1H. The fraction of sp³-hybridized carbons (Fsp3) is 0.474. The van der Waals surface area contributed by atoms with E-state index in [0.29, 0.717) is 12.6 Å². The molecule has 0 saturated heterocycles. The summed E-state index contributed by atoms with van der Waals surface area (Å²) in [6.07, 6.45) is 1.80. The molecule has 6 nitrogen and oxygen atoms in total. The zero-order chi connectivity index (χ0) is 18.1. The van der Waals surface area contributed by atoms with E-state index in [9.17, 15) is 0 Å². The van der Waals surface area contributed by atoms with E-state index in [1.54, 1.807) is 6.20 Å². The Morgan fingerprint density at radius 1 is 1.23 bits per heavy atom.